The zero-order chi connectivity index (χ0) is 12.0. The maximum absolute atomic E-state index is 11.5. The van der Waals surface area contributed by atoms with E-state index < -0.39 is 0 Å². The molecule has 1 N–H and O–H groups in total. The van der Waals surface area contributed by atoms with Crippen molar-refractivity contribution in [3.8, 4) is 5.75 Å². The Morgan fingerprint density at radius 2 is 2.06 bits per heavy atom. The van der Waals surface area contributed by atoms with E-state index in [9.17, 15) is 4.79 Å². The van der Waals surface area contributed by atoms with Crippen LogP contribution in [-0.4, -0.2) is 24.4 Å². The number of hydrogen-bond acceptors (Lipinski definition) is 2. The summed E-state index contributed by atoms with van der Waals surface area (Å²) in [6, 6.07) is 7.51. The number of rotatable bonds is 5. The van der Waals surface area contributed by atoms with Crippen LogP contribution in [0.15, 0.2) is 24.3 Å². The Morgan fingerprint density at radius 3 is 2.56 bits per heavy atom. The van der Waals surface area contributed by atoms with Crippen LogP contribution in [0.5, 0.6) is 5.75 Å². The van der Waals surface area contributed by atoms with Gasteiger partial charge in [0.1, 0.15) is 5.75 Å². The number of benzene rings is 1. The molecule has 4 heteroatoms. The van der Waals surface area contributed by atoms with Gasteiger partial charge in [0, 0.05) is 11.4 Å². The van der Waals surface area contributed by atoms with Gasteiger partial charge in [-0.15, -0.1) is 0 Å². The largest absolute Gasteiger partial charge is 0.497 e. The molecule has 1 aromatic rings. The molecule has 16 heavy (non-hydrogen) atoms. The maximum Gasteiger partial charge on any atom is 0.224 e. The second-order valence-electron chi connectivity index (χ2n) is 3.61. The van der Waals surface area contributed by atoms with Gasteiger partial charge >= 0.3 is 0 Å². The van der Waals surface area contributed by atoms with E-state index in [1.807, 2.05) is 31.2 Å². The molecule has 0 heterocycles. The van der Waals surface area contributed by atoms with E-state index in [4.69, 9.17) is 4.74 Å². The number of ether oxygens (including phenoxy) is 1. The molecule has 0 aromatic heterocycles. The number of halogens is 1. The van der Waals surface area contributed by atoms with E-state index >= 15 is 0 Å². The SMILES string of the molecule is COc1ccc(CC(=O)NCC(C)Br)cc1. The smallest absolute Gasteiger partial charge is 0.224 e. The molecule has 1 aromatic carbocycles. The molecule has 1 rings (SSSR count). The number of alkyl halides is 1. The quantitative estimate of drug-likeness (QED) is 0.842. The first-order valence-corrected chi connectivity index (χ1v) is 6.07. The van der Waals surface area contributed by atoms with Crippen molar-refractivity contribution < 1.29 is 9.53 Å². The van der Waals surface area contributed by atoms with Gasteiger partial charge in [-0.3, -0.25) is 4.79 Å². The molecule has 0 saturated carbocycles. The van der Waals surface area contributed by atoms with Crippen molar-refractivity contribution in [2.45, 2.75) is 18.2 Å². The fraction of sp³-hybridized carbons (Fsp3) is 0.417. The number of carbonyl (C=O) groups excluding carboxylic acids is 1. The third kappa shape index (κ3) is 4.66. The minimum atomic E-state index is 0.0384. The molecule has 0 aliphatic rings. The van der Waals surface area contributed by atoms with Crippen molar-refractivity contribution in [2.24, 2.45) is 0 Å². The standard InChI is InChI=1S/C12H16BrNO2/c1-9(13)8-14-12(15)7-10-3-5-11(16-2)6-4-10/h3-6,9H,7-8H2,1-2H3,(H,14,15). The van der Waals surface area contributed by atoms with Gasteiger partial charge in [-0.05, 0) is 17.7 Å². The molecule has 0 radical (unpaired) electrons. The van der Waals surface area contributed by atoms with Crippen LogP contribution >= 0.6 is 15.9 Å². The summed E-state index contributed by atoms with van der Waals surface area (Å²) in [6.07, 6.45) is 0.406. The molecule has 1 amide bonds. The Kier molecular flexibility index (Phi) is 5.32. The van der Waals surface area contributed by atoms with Gasteiger partial charge in [-0.2, -0.15) is 0 Å². The van der Waals surface area contributed by atoms with Gasteiger partial charge < -0.3 is 10.1 Å². The van der Waals surface area contributed by atoms with Gasteiger partial charge in [0.15, 0.2) is 0 Å². The van der Waals surface area contributed by atoms with Crippen molar-refractivity contribution in [3.63, 3.8) is 0 Å². The Morgan fingerprint density at radius 1 is 1.44 bits per heavy atom. The average molecular weight is 286 g/mol. The van der Waals surface area contributed by atoms with Crippen LogP contribution in [-0.2, 0) is 11.2 Å². The molecule has 88 valence electrons. The Bertz CT molecular complexity index is 335. The topological polar surface area (TPSA) is 38.3 Å². The summed E-state index contributed by atoms with van der Waals surface area (Å²) in [5, 5.41) is 2.84. The third-order valence-corrected chi connectivity index (χ3v) is 2.43. The number of methoxy groups -OCH3 is 1. The first-order valence-electron chi connectivity index (χ1n) is 5.15. The number of carbonyl (C=O) groups is 1. The highest BCUT2D eigenvalue weighted by Gasteiger charge is 2.04. The predicted octanol–water partition coefficient (Wildman–Crippen LogP) is 2.14. The first-order chi connectivity index (χ1) is 7.61. The number of hydrogen-bond donors (Lipinski definition) is 1. The lowest BCUT2D eigenvalue weighted by Crippen LogP contribution is -2.29. The summed E-state index contributed by atoms with van der Waals surface area (Å²) in [5.74, 6) is 0.842. The molecular formula is C12H16BrNO2. The highest BCUT2D eigenvalue weighted by atomic mass is 79.9. The summed E-state index contributed by atoms with van der Waals surface area (Å²) in [6.45, 7) is 2.64. The van der Waals surface area contributed by atoms with E-state index in [0.717, 1.165) is 11.3 Å². The monoisotopic (exact) mass is 285 g/mol. The van der Waals surface area contributed by atoms with Crippen LogP contribution < -0.4 is 10.1 Å². The summed E-state index contributed by atoms with van der Waals surface area (Å²) in [4.78, 5) is 11.8. The predicted molar refractivity (Wildman–Crippen MR) is 68.1 cm³/mol. The lowest BCUT2D eigenvalue weighted by molar-refractivity contribution is -0.120. The van der Waals surface area contributed by atoms with Gasteiger partial charge in [0.25, 0.3) is 0 Å². The number of amides is 1. The van der Waals surface area contributed by atoms with E-state index in [1.165, 1.54) is 0 Å². The molecule has 3 nitrogen and oxygen atoms in total. The van der Waals surface area contributed by atoms with Crippen LogP contribution in [0.1, 0.15) is 12.5 Å². The molecular weight excluding hydrogens is 270 g/mol. The maximum atomic E-state index is 11.5. The number of nitrogens with one attached hydrogen (secondary N) is 1. The molecule has 0 saturated heterocycles. The Labute approximate surface area is 104 Å². The van der Waals surface area contributed by atoms with Crippen LogP contribution in [0.4, 0.5) is 0 Å². The van der Waals surface area contributed by atoms with Gasteiger partial charge in [-0.25, -0.2) is 0 Å². The zero-order valence-corrected chi connectivity index (χ0v) is 11.1. The lowest BCUT2D eigenvalue weighted by atomic mass is 10.1. The molecule has 0 fully saturated rings. The minimum absolute atomic E-state index is 0.0384. The average Bonchev–Trinajstić information content (AvgIpc) is 2.27. The van der Waals surface area contributed by atoms with Crippen LogP contribution in [0.25, 0.3) is 0 Å². The van der Waals surface area contributed by atoms with E-state index in [0.29, 0.717) is 17.8 Å². The second-order valence-corrected chi connectivity index (χ2v) is 5.17. The van der Waals surface area contributed by atoms with Crippen molar-refractivity contribution in [1.29, 1.82) is 0 Å². The minimum Gasteiger partial charge on any atom is -0.497 e. The van der Waals surface area contributed by atoms with E-state index in [1.54, 1.807) is 7.11 Å². The summed E-state index contributed by atoms with van der Waals surface area (Å²) in [5.41, 5.74) is 0.987. The Balaban J connectivity index is 2.43. The molecule has 0 aliphatic heterocycles. The van der Waals surface area contributed by atoms with E-state index in [-0.39, 0.29) is 5.91 Å². The Hall–Kier alpha value is -1.03. The van der Waals surface area contributed by atoms with Gasteiger partial charge in [0.05, 0.1) is 13.5 Å². The second kappa shape index (κ2) is 6.53. The van der Waals surface area contributed by atoms with Gasteiger partial charge in [0.2, 0.25) is 5.91 Å². The molecule has 1 atom stereocenters. The van der Waals surface area contributed by atoms with Crippen LogP contribution in [0.3, 0.4) is 0 Å². The highest BCUT2D eigenvalue weighted by molar-refractivity contribution is 9.09. The summed E-state index contributed by atoms with van der Waals surface area (Å²) >= 11 is 3.38. The molecule has 1 unspecified atom stereocenters. The fourth-order valence-corrected chi connectivity index (χ4v) is 1.41. The zero-order valence-electron chi connectivity index (χ0n) is 9.50. The third-order valence-electron chi connectivity index (χ3n) is 2.10. The normalized spacial score (nSPS) is 11.9. The molecule has 0 spiro atoms. The van der Waals surface area contributed by atoms with Crippen LogP contribution in [0.2, 0.25) is 0 Å². The summed E-state index contributed by atoms with van der Waals surface area (Å²) < 4.78 is 5.05. The first kappa shape index (κ1) is 13.0. The highest BCUT2D eigenvalue weighted by Crippen LogP contribution is 2.11. The van der Waals surface area contributed by atoms with Crippen molar-refractivity contribution in [3.05, 3.63) is 29.8 Å². The van der Waals surface area contributed by atoms with Gasteiger partial charge in [-0.1, -0.05) is 35.0 Å². The lowest BCUT2D eigenvalue weighted by Gasteiger charge is -2.07. The molecule has 0 bridgehead atoms. The van der Waals surface area contributed by atoms with Crippen molar-refractivity contribution in [1.82, 2.24) is 5.32 Å². The van der Waals surface area contributed by atoms with Crippen molar-refractivity contribution in [2.75, 3.05) is 13.7 Å². The van der Waals surface area contributed by atoms with Crippen molar-refractivity contribution >= 4 is 21.8 Å². The van der Waals surface area contributed by atoms with Crippen LogP contribution in [0, 0.1) is 0 Å². The van der Waals surface area contributed by atoms with E-state index in [2.05, 4.69) is 21.2 Å². The fourth-order valence-electron chi connectivity index (χ4n) is 1.25. The molecule has 0 aliphatic carbocycles. The summed E-state index contributed by atoms with van der Waals surface area (Å²) in [7, 11) is 1.62.